The number of hydrogen-bond acceptors (Lipinski definition) is 3. The van der Waals surface area contributed by atoms with Gasteiger partial charge in [0.05, 0.1) is 11.1 Å². The summed E-state index contributed by atoms with van der Waals surface area (Å²) < 4.78 is 0. The molecule has 0 spiro atoms. The highest BCUT2D eigenvalue weighted by Crippen LogP contribution is 2.18. The van der Waals surface area contributed by atoms with Gasteiger partial charge >= 0.3 is 0 Å². The normalized spacial score (nSPS) is 11.3. The van der Waals surface area contributed by atoms with Crippen molar-refractivity contribution in [1.29, 1.82) is 0 Å². The van der Waals surface area contributed by atoms with Gasteiger partial charge in [0.1, 0.15) is 0 Å². The zero-order valence-electron chi connectivity index (χ0n) is 15.4. The molecule has 2 rings (SSSR count). The Morgan fingerprint density at radius 3 is 2.04 bits per heavy atom. The van der Waals surface area contributed by atoms with Gasteiger partial charge in [0, 0.05) is 23.6 Å². The van der Waals surface area contributed by atoms with Crippen molar-refractivity contribution >= 4 is 17.5 Å². The third kappa shape index (κ3) is 5.41. The molecule has 0 aliphatic heterocycles. The summed E-state index contributed by atoms with van der Waals surface area (Å²) in [5.74, 6) is -0.113. The summed E-state index contributed by atoms with van der Waals surface area (Å²) in [6.45, 7) is 9.93. The average Bonchev–Trinajstić information content (AvgIpc) is 2.54. The quantitative estimate of drug-likeness (QED) is 0.885. The van der Waals surface area contributed by atoms with Crippen LogP contribution >= 0.6 is 0 Å². The third-order valence-corrected chi connectivity index (χ3v) is 3.59. The van der Waals surface area contributed by atoms with E-state index < -0.39 is 0 Å². The predicted octanol–water partition coefficient (Wildman–Crippen LogP) is 3.99. The first-order valence-electron chi connectivity index (χ1n) is 8.34. The van der Waals surface area contributed by atoms with Crippen LogP contribution in [0.1, 0.15) is 66.8 Å². The fourth-order valence-corrected chi connectivity index (χ4v) is 2.26. The lowest BCUT2D eigenvalue weighted by atomic mass is 10.0. The highest BCUT2D eigenvalue weighted by molar-refractivity contribution is 6.05. The second-order valence-electron chi connectivity index (χ2n) is 7.40. The maximum absolute atomic E-state index is 12.4. The van der Waals surface area contributed by atoms with E-state index in [1.165, 1.54) is 18.0 Å². The Morgan fingerprint density at radius 2 is 1.52 bits per heavy atom. The molecule has 5 nitrogen and oxygen atoms in total. The fraction of sp³-hybridized carbons (Fsp3) is 0.350. The molecule has 2 amide bonds. The molecule has 0 aliphatic carbocycles. The van der Waals surface area contributed by atoms with Gasteiger partial charge < -0.3 is 10.6 Å². The van der Waals surface area contributed by atoms with Crippen molar-refractivity contribution in [3.63, 3.8) is 0 Å². The van der Waals surface area contributed by atoms with Gasteiger partial charge in [0.2, 0.25) is 0 Å². The topological polar surface area (TPSA) is 71.1 Å². The highest BCUT2D eigenvalue weighted by atomic mass is 16.2. The van der Waals surface area contributed by atoms with E-state index in [0.29, 0.717) is 22.7 Å². The Morgan fingerprint density at radius 1 is 0.960 bits per heavy atom. The zero-order chi connectivity index (χ0) is 18.6. The van der Waals surface area contributed by atoms with E-state index in [0.717, 1.165) is 0 Å². The Balaban J connectivity index is 2.11. The van der Waals surface area contributed by atoms with Crippen LogP contribution in [-0.2, 0) is 0 Å². The first kappa shape index (κ1) is 18.6. The van der Waals surface area contributed by atoms with Crippen molar-refractivity contribution in [2.75, 3.05) is 5.32 Å². The monoisotopic (exact) mass is 339 g/mol. The molecule has 25 heavy (non-hydrogen) atoms. The first-order valence-corrected chi connectivity index (χ1v) is 8.34. The third-order valence-electron chi connectivity index (χ3n) is 3.59. The van der Waals surface area contributed by atoms with E-state index in [9.17, 15) is 9.59 Å². The Kier molecular flexibility index (Phi) is 5.57. The van der Waals surface area contributed by atoms with E-state index in [-0.39, 0.29) is 17.4 Å². The fourth-order valence-electron chi connectivity index (χ4n) is 2.26. The molecular weight excluding hydrogens is 314 g/mol. The first-order chi connectivity index (χ1) is 11.7. The summed E-state index contributed by atoms with van der Waals surface area (Å²) in [4.78, 5) is 28.6. The van der Waals surface area contributed by atoms with E-state index in [4.69, 9.17) is 0 Å². The number of nitrogens with zero attached hydrogens (tertiary/aromatic N) is 1. The Bertz CT molecular complexity index is 759. The Labute approximate surface area is 148 Å². The number of amides is 2. The van der Waals surface area contributed by atoms with E-state index in [2.05, 4.69) is 29.5 Å². The van der Waals surface area contributed by atoms with Gasteiger partial charge in [-0.3, -0.25) is 14.6 Å². The van der Waals surface area contributed by atoms with Crippen LogP contribution in [0.2, 0.25) is 0 Å². The molecule has 0 unspecified atom stereocenters. The molecule has 1 aromatic carbocycles. The van der Waals surface area contributed by atoms with Crippen molar-refractivity contribution in [3.05, 3.63) is 59.4 Å². The van der Waals surface area contributed by atoms with Gasteiger partial charge in [-0.2, -0.15) is 0 Å². The molecule has 2 aromatic rings. The predicted molar refractivity (Wildman–Crippen MR) is 99.9 cm³/mol. The SMILES string of the molecule is CC(C)c1ccc(NC(=O)c2cncc(C(=O)NC(C)(C)C)c2)cc1. The molecule has 0 bridgehead atoms. The van der Waals surface area contributed by atoms with Crippen molar-refractivity contribution < 1.29 is 9.59 Å². The zero-order valence-corrected chi connectivity index (χ0v) is 15.4. The molecule has 0 radical (unpaired) electrons. The van der Waals surface area contributed by atoms with Crippen LogP contribution in [0.4, 0.5) is 5.69 Å². The minimum absolute atomic E-state index is 0.254. The number of rotatable bonds is 4. The van der Waals surface area contributed by atoms with Crippen LogP contribution in [0.25, 0.3) is 0 Å². The average molecular weight is 339 g/mol. The Hall–Kier alpha value is -2.69. The van der Waals surface area contributed by atoms with Gasteiger partial charge in [-0.1, -0.05) is 26.0 Å². The lowest BCUT2D eigenvalue weighted by molar-refractivity contribution is 0.0919. The summed E-state index contributed by atoms with van der Waals surface area (Å²) in [5.41, 5.74) is 2.26. The molecule has 0 saturated heterocycles. The molecule has 2 N–H and O–H groups in total. The van der Waals surface area contributed by atoms with Gasteiger partial charge in [0.15, 0.2) is 0 Å². The number of benzene rings is 1. The molecule has 1 aromatic heterocycles. The number of carbonyl (C=O) groups is 2. The summed E-state index contributed by atoms with van der Waals surface area (Å²) in [6, 6.07) is 9.27. The van der Waals surface area contributed by atoms with Crippen molar-refractivity contribution in [2.45, 2.75) is 46.1 Å². The van der Waals surface area contributed by atoms with E-state index in [1.807, 2.05) is 45.0 Å². The van der Waals surface area contributed by atoms with E-state index in [1.54, 1.807) is 6.07 Å². The second-order valence-corrected chi connectivity index (χ2v) is 7.40. The molecule has 1 heterocycles. The lowest BCUT2D eigenvalue weighted by Crippen LogP contribution is -2.40. The van der Waals surface area contributed by atoms with Crippen molar-refractivity contribution in [2.24, 2.45) is 0 Å². The highest BCUT2D eigenvalue weighted by Gasteiger charge is 2.17. The molecule has 0 atom stereocenters. The van der Waals surface area contributed by atoms with Crippen molar-refractivity contribution in [3.8, 4) is 0 Å². The van der Waals surface area contributed by atoms with Gasteiger partial charge in [-0.25, -0.2) is 0 Å². The van der Waals surface area contributed by atoms with Crippen LogP contribution in [0, 0.1) is 0 Å². The number of nitrogens with one attached hydrogen (secondary N) is 2. The summed E-state index contributed by atoms with van der Waals surface area (Å²) in [6.07, 6.45) is 2.90. The van der Waals surface area contributed by atoms with E-state index >= 15 is 0 Å². The molecule has 0 aliphatic rings. The van der Waals surface area contributed by atoms with Crippen LogP contribution < -0.4 is 10.6 Å². The number of hydrogen-bond donors (Lipinski definition) is 2. The standard InChI is InChI=1S/C20H25N3O2/c1-13(2)14-6-8-17(9-7-14)22-18(24)15-10-16(12-21-11-15)19(25)23-20(3,4)5/h6-13H,1-5H3,(H,22,24)(H,23,25). The van der Waals surface area contributed by atoms with Crippen LogP contribution in [-0.4, -0.2) is 22.3 Å². The molecule has 0 saturated carbocycles. The maximum atomic E-state index is 12.4. The molecule has 0 fully saturated rings. The number of anilines is 1. The molecule has 5 heteroatoms. The van der Waals surface area contributed by atoms with Gasteiger partial charge in [-0.15, -0.1) is 0 Å². The van der Waals surface area contributed by atoms with Crippen LogP contribution in [0.15, 0.2) is 42.7 Å². The number of pyridine rings is 1. The van der Waals surface area contributed by atoms with Gasteiger partial charge in [0.25, 0.3) is 11.8 Å². The smallest absolute Gasteiger partial charge is 0.257 e. The maximum Gasteiger partial charge on any atom is 0.257 e. The van der Waals surface area contributed by atoms with Gasteiger partial charge in [-0.05, 0) is 50.5 Å². The molecule has 132 valence electrons. The number of carbonyl (C=O) groups excluding carboxylic acids is 2. The summed E-state index contributed by atoms with van der Waals surface area (Å²) in [7, 11) is 0. The summed E-state index contributed by atoms with van der Waals surface area (Å²) >= 11 is 0. The minimum atomic E-state index is -0.354. The number of aromatic nitrogens is 1. The minimum Gasteiger partial charge on any atom is -0.347 e. The largest absolute Gasteiger partial charge is 0.347 e. The van der Waals surface area contributed by atoms with Crippen molar-refractivity contribution in [1.82, 2.24) is 10.3 Å². The second kappa shape index (κ2) is 7.47. The summed E-state index contributed by atoms with van der Waals surface area (Å²) in [5, 5.41) is 5.69. The lowest BCUT2D eigenvalue weighted by Gasteiger charge is -2.20. The van der Waals surface area contributed by atoms with Crippen LogP contribution in [0.5, 0.6) is 0 Å². The van der Waals surface area contributed by atoms with Crippen LogP contribution in [0.3, 0.4) is 0 Å². The molecular formula is C20H25N3O2.